The maximum atomic E-state index is 12.8. The molecule has 0 saturated carbocycles. The van der Waals surface area contributed by atoms with E-state index in [9.17, 15) is 4.79 Å². The van der Waals surface area contributed by atoms with Crippen molar-refractivity contribution in [2.45, 2.75) is 46.5 Å². The second-order valence-corrected chi connectivity index (χ2v) is 6.95. The lowest BCUT2D eigenvalue weighted by atomic mass is 9.74. The Kier molecular flexibility index (Phi) is 5.44. The monoisotopic (exact) mass is 352 g/mol. The van der Waals surface area contributed by atoms with Crippen LogP contribution in [0.3, 0.4) is 0 Å². The van der Waals surface area contributed by atoms with Crippen molar-refractivity contribution in [3.05, 3.63) is 27.7 Å². The topological polar surface area (TPSA) is 41.1 Å². The number of carbonyl (C=O) groups is 1. The molecule has 0 aliphatic carbocycles. The van der Waals surface area contributed by atoms with Gasteiger partial charge in [-0.2, -0.15) is 0 Å². The van der Waals surface area contributed by atoms with Gasteiger partial charge in [0.25, 0.3) is 0 Å². The molecule has 2 N–H and O–H groups in total. The first-order valence-electron chi connectivity index (χ1n) is 7.77. The lowest BCUT2D eigenvalue weighted by molar-refractivity contribution is -0.127. The van der Waals surface area contributed by atoms with Crippen LogP contribution in [0.25, 0.3) is 0 Å². The molecule has 0 spiro atoms. The van der Waals surface area contributed by atoms with E-state index in [-0.39, 0.29) is 11.3 Å². The van der Waals surface area contributed by atoms with E-state index in [1.165, 1.54) is 0 Å². The summed E-state index contributed by atoms with van der Waals surface area (Å²) >= 11 is 3.57. The van der Waals surface area contributed by atoms with Crippen molar-refractivity contribution in [2.24, 2.45) is 5.41 Å². The molecule has 1 saturated heterocycles. The lowest BCUT2D eigenvalue weighted by Crippen LogP contribution is -2.44. The summed E-state index contributed by atoms with van der Waals surface area (Å²) in [6, 6.07) is 4.07. The second-order valence-electron chi connectivity index (χ2n) is 6.16. The highest BCUT2D eigenvalue weighted by atomic mass is 79.9. The largest absolute Gasteiger partial charge is 0.326 e. The number of piperidine rings is 1. The van der Waals surface area contributed by atoms with Gasteiger partial charge in [-0.25, -0.2) is 0 Å². The third-order valence-corrected chi connectivity index (χ3v) is 5.72. The SMILES string of the molecule is CCCC1(C(=O)Nc2cc(C)c(Br)c(C)c2)CCNCC1. The number of hydrogen-bond donors (Lipinski definition) is 2. The van der Waals surface area contributed by atoms with Crippen LogP contribution in [0.1, 0.15) is 43.7 Å². The summed E-state index contributed by atoms with van der Waals surface area (Å²) in [5.74, 6) is 0.187. The Balaban J connectivity index is 2.19. The van der Waals surface area contributed by atoms with Crippen molar-refractivity contribution in [3.8, 4) is 0 Å². The van der Waals surface area contributed by atoms with Crippen molar-refractivity contribution in [3.63, 3.8) is 0 Å². The normalized spacial score (nSPS) is 17.5. The van der Waals surface area contributed by atoms with Gasteiger partial charge in [0.15, 0.2) is 0 Å². The molecule has 1 heterocycles. The van der Waals surface area contributed by atoms with Crippen LogP contribution in [0.15, 0.2) is 16.6 Å². The minimum Gasteiger partial charge on any atom is -0.326 e. The Morgan fingerprint density at radius 1 is 1.29 bits per heavy atom. The van der Waals surface area contributed by atoms with Gasteiger partial charge in [0.2, 0.25) is 5.91 Å². The molecule has 21 heavy (non-hydrogen) atoms. The van der Waals surface area contributed by atoms with Gasteiger partial charge in [0, 0.05) is 10.2 Å². The molecule has 2 rings (SSSR count). The van der Waals surface area contributed by atoms with Crippen molar-refractivity contribution in [2.75, 3.05) is 18.4 Å². The third kappa shape index (κ3) is 3.67. The van der Waals surface area contributed by atoms with Crippen LogP contribution in [-0.2, 0) is 4.79 Å². The van der Waals surface area contributed by atoms with Crippen molar-refractivity contribution in [1.29, 1.82) is 0 Å². The van der Waals surface area contributed by atoms with E-state index in [1.807, 2.05) is 12.1 Å². The van der Waals surface area contributed by atoms with Crippen LogP contribution >= 0.6 is 15.9 Å². The molecular formula is C17H25BrN2O. The molecule has 0 aromatic heterocycles. The van der Waals surface area contributed by atoms with Gasteiger partial charge < -0.3 is 10.6 Å². The summed E-state index contributed by atoms with van der Waals surface area (Å²) in [5, 5.41) is 6.51. The van der Waals surface area contributed by atoms with Gasteiger partial charge >= 0.3 is 0 Å². The minimum absolute atomic E-state index is 0.187. The first kappa shape index (κ1) is 16.5. The van der Waals surface area contributed by atoms with Crippen LogP contribution < -0.4 is 10.6 Å². The summed E-state index contributed by atoms with van der Waals surface area (Å²) < 4.78 is 1.12. The summed E-state index contributed by atoms with van der Waals surface area (Å²) in [4.78, 5) is 12.8. The Labute approximate surface area is 136 Å². The summed E-state index contributed by atoms with van der Waals surface area (Å²) in [6.45, 7) is 8.14. The van der Waals surface area contributed by atoms with Crippen molar-refractivity contribution >= 4 is 27.5 Å². The van der Waals surface area contributed by atoms with Gasteiger partial charge in [-0.15, -0.1) is 0 Å². The molecule has 4 heteroatoms. The summed E-state index contributed by atoms with van der Waals surface area (Å²) in [6.07, 6.45) is 3.88. The van der Waals surface area contributed by atoms with Gasteiger partial charge in [0.05, 0.1) is 5.41 Å². The number of aryl methyl sites for hydroxylation is 2. The van der Waals surface area contributed by atoms with E-state index in [0.29, 0.717) is 0 Å². The smallest absolute Gasteiger partial charge is 0.230 e. The molecule has 1 aromatic rings. The number of rotatable bonds is 4. The maximum absolute atomic E-state index is 12.8. The molecule has 116 valence electrons. The average Bonchev–Trinajstić information content (AvgIpc) is 2.46. The number of hydrogen-bond acceptors (Lipinski definition) is 2. The highest BCUT2D eigenvalue weighted by Gasteiger charge is 2.38. The number of anilines is 1. The zero-order valence-electron chi connectivity index (χ0n) is 13.2. The van der Waals surface area contributed by atoms with E-state index in [2.05, 4.69) is 47.3 Å². The molecule has 1 amide bonds. The fourth-order valence-corrected chi connectivity index (χ4v) is 3.49. The lowest BCUT2D eigenvalue weighted by Gasteiger charge is -2.36. The van der Waals surface area contributed by atoms with Crippen LogP contribution in [0.4, 0.5) is 5.69 Å². The molecular weight excluding hydrogens is 328 g/mol. The number of nitrogens with one attached hydrogen (secondary N) is 2. The molecule has 1 aromatic carbocycles. The fourth-order valence-electron chi connectivity index (χ4n) is 3.26. The second kappa shape index (κ2) is 6.93. The van der Waals surface area contributed by atoms with Crippen LogP contribution in [0.5, 0.6) is 0 Å². The number of carbonyl (C=O) groups excluding carboxylic acids is 1. The van der Waals surface area contributed by atoms with Gasteiger partial charge in [-0.05, 0) is 69.5 Å². The van der Waals surface area contributed by atoms with Crippen molar-refractivity contribution in [1.82, 2.24) is 5.32 Å². The molecule has 1 aliphatic heterocycles. The van der Waals surface area contributed by atoms with Crippen LogP contribution in [-0.4, -0.2) is 19.0 Å². The zero-order chi connectivity index (χ0) is 15.5. The third-order valence-electron chi connectivity index (χ3n) is 4.47. The molecule has 0 bridgehead atoms. The van der Waals surface area contributed by atoms with Crippen molar-refractivity contribution < 1.29 is 4.79 Å². The maximum Gasteiger partial charge on any atom is 0.230 e. The predicted molar refractivity (Wildman–Crippen MR) is 91.7 cm³/mol. The highest BCUT2D eigenvalue weighted by molar-refractivity contribution is 9.10. The first-order chi connectivity index (χ1) is 9.98. The first-order valence-corrected chi connectivity index (χ1v) is 8.57. The molecule has 3 nitrogen and oxygen atoms in total. The Bertz CT molecular complexity index is 493. The number of halogens is 1. The molecule has 0 atom stereocenters. The average molecular weight is 353 g/mol. The molecule has 0 unspecified atom stereocenters. The molecule has 1 fully saturated rings. The molecule has 0 radical (unpaired) electrons. The quantitative estimate of drug-likeness (QED) is 0.853. The molecule has 1 aliphatic rings. The van der Waals surface area contributed by atoms with Gasteiger partial charge in [0.1, 0.15) is 0 Å². The fraction of sp³-hybridized carbons (Fsp3) is 0.588. The van der Waals surface area contributed by atoms with E-state index in [1.54, 1.807) is 0 Å². The van der Waals surface area contributed by atoms with E-state index >= 15 is 0 Å². The number of amides is 1. The Hall–Kier alpha value is -0.870. The van der Waals surface area contributed by atoms with Gasteiger partial charge in [-0.1, -0.05) is 29.3 Å². The Morgan fingerprint density at radius 2 is 1.86 bits per heavy atom. The van der Waals surface area contributed by atoms with Crippen LogP contribution in [0.2, 0.25) is 0 Å². The van der Waals surface area contributed by atoms with E-state index in [0.717, 1.165) is 60.1 Å². The minimum atomic E-state index is -0.200. The summed E-state index contributed by atoms with van der Waals surface area (Å²) in [7, 11) is 0. The van der Waals surface area contributed by atoms with E-state index < -0.39 is 0 Å². The Morgan fingerprint density at radius 3 is 2.38 bits per heavy atom. The van der Waals surface area contributed by atoms with E-state index in [4.69, 9.17) is 0 Å². The predicted octanol–water partition coefficient (Wildman–Crippen LogP) is 4.17. The zero-order valence-corrected chi connectivity index (χ0v) is 14.8. The van der Waals surface area contributed by atoms with Crippen LogP contribution in [0, 0.1) is 19.3 Å². The van der Waals surface area contributed by atoms with Gasteiger partial charge in [-0.3, -0.25) is 4.79 Å². The number of benzene rings is 1. The summed E-state index contributed by atoms with van der Waals surface area (Å²) in [5.41, 5.74) is 3.02. The standard InChI is InChI=1S/C17H25BrN2O/c1-4-5-17(6-8-19-9-7-17)16(21)20-14-10-12(2)15(18)13(3)11-14/h10-11,19H,4-9H2,1-3H3,(H,20,21). The highest BCUT2D eigenvalue weighted by Crippen LogP contribution is 2.36.